The third-order valence-electron chi connectivity index (χ3n) is 6.59. The quantitative estimate of drug-likeness (QED) is 0.368. The van der Waals surface area contributed by atoms with Gasteiger partial charge in [0.1, 0.15) is 5.75 Å². The molecule has 0 bridgehead atoms. The van der Waals surface area contributed by atoms with Crippen LogP contribution < -0.4 is 14.0 Å². The maximum Gasteiger partial charge on any atom is 0.405 e. The van der Waals surface area contributed by atoms with Crippen LogP contribution >= 0.6 is 0 Å². The number of pyridine rings is 1. The van der Waals surface area contributed by atoms with Crippen molar-refractivity contribution in [2.45, 2.75) is 12.5 Å². The Labute approximate surface area is 193 Å². The third kappa shape index (κ3) is 2.77. The summed E-state index contributed by atoms with van der Waals surface area (Å²) < 4.78 is 13.2. The van der Waals surface area contributed by atoms with Gasteiger partial charge in [0.15, 0.2) is 19.4 Å². The zero-order valence-electron chi connectivity index (χ0n) is 18.7. The molecule has 0 saturated heterocycles. The Hall–Kier alpha value is -4.18. The Bertz CT molecular complexity index is 1420. The lowest BCUT2D eigenvalue weighted by atomic mass is 9.75. The molecule has 4 nitrogen and oxygen atoms in total. The summed E-state index contributed by atoms with van der Waals surface area (Å²) in [6, 6.07) is 34.0. The number of nitrogens with zero attached hydrogens (tertiary/aromatic N) is 3. The van der Waals surface area contributed by atoms with Gasteiger partial charge in [0.25, 0.3) is 5.54 Å². The van der Waals surface area contributed by atoms with E-state index in [1.54, 1.807) is 0 Å². The maximum absolute atomic E-state index is 6.70. The molecule has 6 rings (SSSR count). The summed E-state index contributed by atoms with van der Waals surface area (Å²) in [5.74, 6) is 1.68. The van der Waals surface area contributed by atoms with Crippen molar-refractivity contribution in [3.05, 3.63) is 138 Å². The first-order valence-electron chi connectivity index (χ1n) is 11.2. The van der Waals surface area contributed by atoms with E-state index in [9.17, 15) is 0 Å². The second kappa shape index (κ2) is 7.45. The summed E-state index contributed by atoms with van der Waals surface area (Å²) in [6.07, 6.45) is 6.27. The Morgan fingerprint density at radius 3 is 2.00 bits per heavy atom. The van der Waals surface area contributed by atoms with Crippen LogP contribution in [0.15, 0.2) is 116 Å². The monoisotopic (exact) mass is 431 g/mol. The molecule has 3 aromatic carbocycles. The largest absolute Gasteiger partial charge is 0.405 e. The van der Waals surface area contributed by atoms with Crippen molar-refractivity contribution in [2.24, 2.45) is 7.05 Å². The van der Waals surface area contributed by atoms with Gasteiger partial charge in [-0.05, 0) is 24.6 Å². The molecule has 0 N–H and O–H groups in total. The minimum atomic E-state index is -0.582. The average Bonchev–Trinajstić information content (AvgIpc) is 3.29. The van der Waals surface area contributed by atoms with Crippen LogP contribution in [0.4, 0.5) is 0 Å². The number of ether oxygens (including phenoxy) is 1. The lowest BCUT2D eigenvalue weighted by Gasteiger charge is -2.35. The van der Waals surface area contributed by atoms with Gasteiger partial charge >= 0.3 is 5.88 Å². The van der Waals surface area contributed by atoms with E-state index in [0.717, 1.165) is 28.4 Å². The minimum absolute atomic E-state index is 0.582. The molecule has 3 heterocycles. The first-order chi connectivity index (χ1) is 16.2. The summed E-state index contributed by atoms with van der Waals surface area (Å²) >= 11 is 0. The third-order valence-corrected chi connectivity index (χ3v) is 6.59. The van der Waals surface area contributed by atoms with Gasteiger partial charge in [-0.25, -0.2) is 0 Å². The molecule has 0 radical (unpaired) electrons. The molecular formula is C29H25N3O+2. The van der Waals surface area contributed by atoms with Crippen LogP contribution in [0.2, 0.25) is 0 Å². The molecule has 0 amide bonds. The SMILES string of the molecule is Cc1cc[n+]2c(c1-n1ccc[n+]1C)Oc1ccccc1C2(c1ccccc1)c1ccccc1. The zero-order valence-corrected chi connectivity index (χ0v) is 18.7. The number of para-hydroxylation sites is 1. The van der Waals surface area contributed by atoms with Crippen molar-refractivity contribution in [3.63, 3.8) is 0 Å². The van der Waals surface area contributed by atoms with Gasteiger partial charge in [-0.2, -0.15) is 0 Å². The van der Waals surface area contributed by atoms with Gasteiger partial charge in [-0.3, -0.25) is 0 Å². The van der Waals surface area contributed by atoms with Crippen LogP contribution in [-0.2, 0) is 12.6 Å². The zero-order chi connectivity index (χ0) is 22.4. The van der Waals surface area contributed by atoms with Crippen molar-refractivity contribution in [3.8, 4) is 17.3 Å². The van der Waals surface area contributed by atoms with E-state index < -0.39 is 5.54 Å². The molecule has 0 saturated carbocycles. The van der Waals surface area contributed by atoms with Crippen molar-refractivity contribution >= 4 is 0 Å². The van der Waals surface area contributed by atoms with Crippen molar-refractivity contribution in [2.75, 3.05) is 0 Å². The van der Waals surface area contributed by atoms with Crippen LogP contribution in [-0.4, -0.2) is 4.68 Å². The summed E-state index contributed by atoms with van der Waals surface area (Å²) in [7, 11) is 2.04. The fraction of sp³-hybridized carbons (Fsp3) is 0.103. The highest BCUT2D eigenvalue weighted by Crippen LogP contribution is 2.47. The van der Waals surface area contributed by atoms with Gasteiger partial charge in [0, 0.05) is 23.3 Å². The topological polar surface area (TPSA) is 21.9 Å². The second-order valence-electron chi connectivity index (χ2n) is 8.47. The van der Waals surface area contributed by atoms with Gasteiger partial charge in [-0.1, -0.05) is 72.8 Å². The van der Waals surface area contributed by atoms with E-state index in [1.807, 2.05) is 25.4 Å². The molecule has 0 fully saturated rings. The summed E-state index contributed by atoms with van der Waals surface area (Å²) in [5.41, 5.74) is 5.07. The van der Waals surface area contributed by atoms with E-state index in [0.29, 0.717) is 0 Å². The standard InChI is InChI=1S/C29H25N3O/c1-22-18-21-31-28(27(22)32-20-11-19-30(32)2)33-26-17-10-9-16-25(26)29(31,23-12-5-3-6-13-23)24-14-7-4-8-15-24/h3-21H,1-2H3/q+2. The lowest BCUT2D eigenvalue weighted by molar-refractivity contribution is -0.752. The average molecular weight is 432 g/mol. The predicted octanol–water partition coefficient (Wildman–Crippen LogP) is 4.84. The number of fused-ring (bicyclic) bond motifs is 2. The summed E-state index contributed by atoms with van der Waals surface area (Å²) in [6.45, 7) is 2.13. The van der Waals surface area contributed by atoms with Crippen molar-refractivity contribution in [1.82, 2.24) is 4.68 Å². The van der Waals surface area contributed by atoms with Crippen molar-refractivity contribution in [1.29, 1.82) is 0 Å². The van der Waals surface area contributed by atoms with E-state index >= 15 is 0 Å². The van der Waals surface area contributed by atoms with Crippen LogP contribution in [0.25, 0.3) is 5.69 Å². The fourth-order valence-electron chi connectivity index (χ4n) is 5.11. The molecule has 0 atom stereocenters. The highest BCUT2D eigenvalue weighted by molar-refractivity contribution is 5.57. The van der Waals surface area contributed by atoms with Crippen molar-refractivity contribution < 1.29 is 14.0 Å². The smallest absolute Gasteiger partial charge is 0.403 e. The predicted molar refractivity (Wildman–Crippen MR) is 127 cm³/mol. The molecule has 2 aromatic heterocycles. The van der Waals surface area contributed by atoms with Crippen LogP contribution in [0.1, 0.15) is 22.3 Å². The highest BCUT2D eigenvalue weighted by atomic mass is 16.5. The van der Waals surface area contributed by atoms with Crippen LogP contribution in [0, 0.1) is 6.92 Å². The molecule has 33 heavy (non-hydrogen) atoms. The van der Waals surface area contributed by atoms with Crippen LogP contribution in [0.5, 0.6) is 11.6 Å². The first kappa shape index (κ1) is 19.5. The molecule has 1 aliphatic heterocycles. The van der Waals surface area contributed by atoms with E-state index in [-0.39, 0.29) is 0 Å². The Kier molecular flexibility index (Phi) is 4.40. The molecule has 0 aliphatic carbocycles. The number of benzene rings is 3. The molecule has 0 unspecified atom stereocenters. The fourth-order valence-corrected chi connectivity index (χ4v) is 5.11. The van der Waals surface area contributed by atoms with E-state index in [4.69, 9.17) is 4.74 Å². The number of aromatic nitrogens is 3. The first-order valence-corrected chi connectivity index (χ1v) is 11.2. The summed E-state index contributed by atoms with van der Waals surface area (Å²) in [5, 5.41) is 0. The van der Waals surface area contributed by atoms with Gasteiger partial charge in [0.2, 0.25) is 5.69 Å². The molecule has 1 aliphatic rings. The molecule has 4 heteroatoms. The second-order valence-corrected chi connectivity index (χ2v) is 8.47. The molecule has 0 spiro atoms. The molecule has 160 valence electrons. The minimum Gasteiger partial charge on any atom is -0.403 e. The Balaban J connectivity index is 1.80. The number of hydrogen-bond donors (Lipinski definition) is 0. The number of hydrogen-bond acceptors (Lipinski definition) is 1. The molecular weight excluding hydrogens is 406 g/mol. The van der Waals surface area contributed by atoms with Crippen LogP contribution in [0.3, 0.4) is 0 Å². The molecule has 5 aromatic rings. The summed E-state index contributed by atoms with van der Waals surface area (Å²) in [4.78, 5) is 0. The number of aryl methyl sites for hydroxylation is 2. The normalized spacial score (nSPS) is 13.6. The number of rotatable bonds is 3. The van der Waals surface area contributed by atoms with E-state index in [2.05, 4.69) is 118 Å². The highest BCUT2D eigenvalue weighted by Gasteiger charge is 2.54. The maximum atomic E-state index is 6.70. The van der Waals surface area contributed by atoms with E-state index in [1.165, 1.54) is 11.1 Å². The lowest BCUT2D eigenvalue weighted by Crippen LogP contribution is -2.61. The Morgan fingerprint density at radius 2 is 1.36 bits per heavy atom. The van der Waals surface area contributed by atoms with Gasteiger partial charge in [0.05, 0.1) is 11.8 Å². The van der Waals surface area contributed by atoms with Gasteiger partial charge < -0.3 is 4.74 Å². The Morgan fingerprint density at radius 1 is 0.727 bits per heavy atom. The van der Waals surface area contributed by atoms with Gasteiger partial charge in [-0.15, -0.1) is 13.9 Å².